The summed E-state index contributed by atoms with van der Waals surface area (Å²) in [6.45, 7) is 15.6. The Kier molecular flexibility index (Phi) is 11.7. The largest absolute Gasteiger partial charge is 0.376 e. The van der Waals surface area contributed by atoms with Crippen molar-refractivity contribution >= 4 is 17.3 Å². The van der Waals surface area contributed by atoms with Gasteiger partial charge in [0.2, 0.25) is 0 Å². The van der Waals surface area contributed by atoms with Crippen molar-refractivity contribution in [3.8, 4) is 0 Å². The molecule has 7 heteroatoms. The van der Waals surface area contributed by atoms with E-state index in [-0.39, 0.29) is 17.1 Å². The fraction of sp³-hybridized carbons (Fsp3) is 0.565. The molecular weight excluding hydrogens is 401 g/mol. The van der Waals surface area contributed by atoms with Crippen LogP contribution in [-0.4, -0.2) is 43.3 Å². The number of nitrogens with one attached hydrogen (secondary N) is 2. The van der Waals surface area contributed by atoms with Gasteiger partial charge in [-0.05, 0) is 52.2 Å². The zero-order valence-electron chi connectivity index (χ0n) is 19.1. The number of nitrogens with zero attached hydrogens (tertiary/aromatic N) is 3. The van der Waals surface area contributed by atoms with Crippen molar-refractivity contribution in [2.75, 3.05) is 25.5 Å². The zero-order valence-corrected chi connectivity index (χ0v) is 19.9. The molecule has 2 unspecified atom stereocenters. The summed E-state index contributed by atoms with van der Waals surface area (Å²) in [5, 5.41) is 17.5. The zero-order chi connectivity index (χ0) is 22.7. The van der Waals surface area contributed by atoms with Gasteiger partial charge in [0.05, 0.1) is 16.8 Å². The maximum atomic E-state index is 14.3. The topological polar surface area (TPSA) is 52.0 Å². The molecule has 0 aliphatic carbocycles. The normalized spacial score (nSPS) is 16.2. The van der Waals surface area contributed by atoms with Gasteiger partial charge in [-0.15, -0.1) is 6.58 Å². The molecule has 1 aromatic carbocycles. The van der Waals surface area contributed by atoms with E-state index in [1.807, 2.05) is 38.1 Å². The second kappa shape index (κ2) is 13.4. The quantitative estimate of drug-likeness (QED) is 0.222. The molecule has 1 aromatic rings. The molecule has 30 heavy (non-hydrogen) atoms. The maximum absolute atomic E-state index is 14.3. The predicted octanol–water partition coefficient (Wildman–Crippen LogP) is 6.10. The van der Waals surface area contributed by atoms with E-state index in [4.69, 9.17) is 11.6 Å². The Bertz CT molecular complexity index is 722. The second-order valence-corrected chi connectivity index (χ2v) is 8.20. The van der Waals surface area contributed by atoms with Crippen LogP contribution < -0.4 is 10.6 Å². The molecule has 4 atom stereocenters. The molecule has 0 bridgehead atoms. The van der Waals surface area contributed by atoms with Crippen LogP contribution in [0.2, 0.25) is 5.02 Å². The van der Waals surface area contributed by atoms with Crippen molar-refractivity contribution in [2.45, 2.75) is 59.2 Å². The third-order valence-corrected chi connectivity index (χ3v) is 5.84. The second-order valence-electron chi connectivity index (χ2n) is 7.79. The van der Waals surface area contributed by atoms with E-state index in [9.17, 15) is 4.39 Å². The molecule has 0 saturated carbocycles. The standard InChI is InChI=1S/C23H37ClFN5/c1-8-14-26-18(5)17(4)19(6)28-29-30(7)15-13-21(16(3)9-2)27-22-12-10-11-20(24)23(22)25/h8-12,17-19,21,26-27H,1,13-15H2,2-7H3/b16-9+,29-28-/t17-,18?,19-,21?/m0/s1. The molecule has 0 aromatic heterocycles. The lowest BCUT2D eigenvalue weighted by molar-refractivity contribution is 0.288. The number of benzene rings is 1. The molecule has 0 aliphatic rings. The summed E-state index contributed by atoms with van der Waals surface area (Å²) in [6.07, 6.45) is 4.64. The maximum Gasteiger partial charge on any atom is 0.164 e. The van der Waals surface area contributed by atoms with Gasteiger partial charge >= 0.3 is 0 Å². The fourth-order valence-electron chi connectivity index (χ4n) is 2.93. The fourth-order valence-corrected chi connectivity index (χ4v) is 3.10. The Balaban J connectivity index is 2.67. The lowest BCUT2D eigenvalue weighted by Gasteiger charge is -2.25. The van der Waals surface area contributed by atoms with Crippen molar-refractivity contribution in [2.24, 2.45) is 16.3 Å². The first-order valence-electron chi connectivity index (χ1n) is 10.5. The van der Waals surface area contributed by atoms with Gasteiger partial charge in [0.15, 0.2) is 5.82 Å². The summed E-state index contributed by atoms with van der Waals surface area (Å²) >= 11 is 5.91. The first-order chi connectivity index (χ1) is 14.2. The van der Waals surface area contributed by atoms with Crippen LogP contribution in [0.25, 0.3) is 0 Å². The third-order valence-electron chi connectivity index (χ3n) is 5.55. The Labute approximate surface area is 186 Å². The van der Waals surface area contributed by atoms with Crippen LogP contribution in [0.3, 0.4) is 0 Å². The first kappa shape index (κ1) is 26.1. The molecule has 0 amide bonds. The Morgan fingerprint density at radius 2 is 2.03 bits per heavy atom. The molecule has 0 heterocycles. The Morgan fingerprint density at radius 3 is 2.67 bits per heavy atom. The molecule has 0 spiro atoms. The van der Waals surface area contributed by atoms with E-state index in [1.54, 1.807) is 18.2 Å². The van der Waals surface area contributed by atoms with E-state index < -0.39 is 5.82 Å². The van der Waals surface area contributed by atoms with E-state index >= 15 is 0 Å². The monoisotopic (exact) mass is 437 g/mol. The molecular formula is C23H37ClFN5. The van der Waals surface area contributed by atoms with Crippen molar-refractivity contribution in [3.63, 3.8) is 0 Å². The third kappa shape index (κ3) is 8.44. The summed E-state index contributed by atoms with van der Waals surface area (Å²) in [6, 6.07) is 5.37. The highest BCUT2D eigenvalue weighted by atomic mass is 35.5. The molecule has 0 saturated heterocycles. The van der Waals surface area contributed by atoms with Gasteiger partial charge in [-0.1, -0.05) is 47.5 Å². The lowest BCUT2D eigenvalue weighted by Crippen LogP contribution is -2.36. The number of halogens is 2. The van der Waals surface area contributed by atoms with Crippen molar-refractivity contribution in [3.05, 3.63) is 53.3 Å². The molecule has 0 fully saturated rings. The van der Waals surface area contributed by atoms with Gasteiger partial charge in [0.25, 0.3) is 0 Å². The van der Waals surface area contributed by atoms with Crippen LogP contribution in [0.5, 0.6) is 0 Å². The number of hydrogen-bond donors (Lipinski definition) is 2. The van der Waals surface area contributed by atoms with Crippen molar-refractivity contribution < 1.29 is 4.39 Å². The van der Waals surface area contributed by atoms with Gasteiger partial charge in [0, 0.05) is 32.2 Å². The predicted molar refractivity (Wildman–Crippen MR) is 127 cm³/mol. The van der Waals surface area contributed by atoms with Gasteiger partial charge in [-0.3, -0.25) is 5.01 Å². The molecule has 5 nitrogen and oxygen atoms in total. The van der Waals surface area contributed by atoms with Gasteiger partial charge in [-0.2, -0.15) is 5.11 Å². The average molecular weight is 438 g/mol. The SMILES string of the molecule is C=CCNC(C)[C@H](C)[C@H](C)/N=N\N(C)CCC(Nc1cccc(Cl)c1F)/C(C)=C/C. The summed E-state index contributed by atoms with van der Waals surface area (Å²) in [7, 11) is 1.91. The number of anilines is 1. The summed E-state index contributed by atoms with van der Waals surface area (Å²) < 4.78 is 14.3. The smallest absolute Gasteiger partial charge is 0.164 e. The van der Waals surface area contributed by atoms with Crippen LogP contribution in [0.4, 0.5) is 10.1 Å². The minimum atomic E-state index is -0.428. The van der Waals surface area contributed by atoms with Crippen LogP contribution in [0.15, 0.2) is 52.8 Å². The molecule has 1 rings (SSSR count). The highest BCUT2D eigenvalue weighted by Crippen LogP contribution is 2.24. The van der Waals surface area contributed by atoms with Gasteiger partial charge in [0.1, 0.15) is 0 Å². The Hall–Kier alpha value is -1.92. The first-order valence-corrected chi connectivity index (χ1v) is 10.9. The number of allylic oxidation sites excluding steroid dienone is 1. The minimum absolute atomic E-state index is 0.0277. The molecule has 0 aliphatic heterocycles. The van der Waals surface area contributed by atoms with E-state index in [0.29, 0.717) is 24.2 Å². The van der Waals surface area contributed by atoms with Crippen LogP contribution >= 0.6 is 11.6 Å². The van der Waals surface area contributed by atoms with Crippen molar-refractivity contribution in [1.82, 2.24) is 10.3 Å². The number of hydrogen-bond acceptors (Lipinski definition) is 4. The lowest BCUT2D eigenvalue weighted by atomic mass is 9.96. The van der Waals surface area contributed by atoms with Crippen LogP contribution in [-0.2, 0) is 0 Å². The Morgan fingerprint density at radius 1 is 1.33 bits per heavy atom. The summed E-state index contributed by atoms with van der Waals surface area (Å²) in [5.74, 6) is -0.0873. The van der Waals surface area contributed by atoms with E-state index in [1.165, 1.54) is 0 Å². The van der Waals surface area contributed by atoms with Crippen molar-refractivity contribution in [1.29, 1.82) is 0 Å². The average Bonchev–Trinajstić information content (AvgIpc) is 2.74. The van der Waals surface area contributed by atoms with E-state index in [0.717, 1.165) is 18.5 Å². The summed E-state index contributed by atoms with van der Waals surface area (Å²) in [5.41, 5.74) is 1.53. The molecule has 0 radical (unpaired) electrons. The highest BCUT2D eigenvalue weighted by molar-refractivity contribution is 6.31. The van der Waals surface area contributed by atoms with Crippen LogP contribution in [0, 0.1) is 11.7 Å². The van der Waals surface area contributed by atoms with E-state index in [2.05, 4.69) is 48.3 Å². The van der Waals surface area contributed by atoms with Crippen LogP contribution in [0.1, 0.15) is 41.0 Å². The minimum Gasteiger partial charge on any atom is -0.376 e. The summed E-state index contributed by atoms with van der Waals surface area (Å²) in [4.78, 5) is 0. The number of rotatable bonds is 13. The highest BCUT2D eigenvalue weighted by Gasteiger charge is 2.19. The van der Waals surface area contributed by atoms with Gasteiger partial charge < -0.3 is 10.6 Å². The molecule has 168 valence electrons. The molecule has 2 N–H and O–H groups in total. The van der Waals surface area contributed by atoms with Gasteiger partial charge in [-0.25, -0.2) is 4.39 Å².